The summed E-state index contributed by atoms with van der Waals surface area (Å²) in [5.41, 5.74) is 28.9. The van der Waals surface area contributed by atoms with Crippen molar-refractivity contribution in [1.29, 1.82) is 0 Å². The summed E-state index contributed by atoms with van der Waals surface area (Å²) in [6.45, 7) is 30.9. The lowest BCUT2D eigenvalue weighted by Gasteiger charge is -2.15. The fourth-order valence-corrected chi connectivity index (χ4v) is 26.2. The van der Waals surface area contributed by atoms with Crippen molar-refractivity contribution in [3.8, 4) is 20.0 Å². The highest BCUT2D eigenvalue weighted by Gasteiger charge is 2.40. The van der Waals surface area contributed by atoms with Gasteiger partial charge in [-0.25, -0.2) is 4.39 Å². The first-order chi connectivity index (χ1) is 71.2. The van der Waals surface area contributed by atoms with Gasteiger partial charge in [-0.2, -0.15) is 0 Å². The molecule has 7 aliphatic heterocycles. The number of thiophene rings is 4. The van der Waals surface area contributed by atoms with Crippen LogP contribution in [-0.4, -0.2) is 117 Å². The van der Waals surface area contributed by atoms with Gasteiger partial charge in [0.15, 0.2) is 23.3 Å². The predicted octanol–water partition coefficient (Wildman–Crippen LogP) is 24.8. The molecule has 16 aromatic rings. The van der Waals surface area contributed by atoms with Crippen LogP contribution in [-0.2, 0) is 73.7 Å². The van der Waals surface area contributed by atoms with Gasteiger partial charge < -0.3 is 30.7 Å². The van der Waals surface area contributed by atoms with Gasteiger partial charge in [-0.15, -0.1) is 86.1 Å². The molecule has 37 heteroatoms. The Bertz CT molecular complexity index is 8090. The monoisotopic (exact) mass is 2140 g/mol. The Kier molecular flexibility index (Phi) is 28.1. The normalized spacial score (nSPS) is 16.5. The number of fused-ring (bicyclic) bond motifs is 16. The van der Waals surface area contributed by atoms with Crippen LogP contribution in [0.3, 0.4) is 0 Å². The van der Waals surface area contributed by atoms with Crippen molar-refractivity contribution in [2.75, 3.05) is 21.3 Å². The molecule has 750 valence electrons. The number of aromatic nitrogens is 12. The van der Waals surface area contributed by atoms with E-state index in [-0.39, 0.29) is 54.4 Å². The largest absolute Gasteiger partial charge is 0.372 e. The Balaban J connectivity index is 0.000000116. The van der Waals surface area contributed by atoms with Gasteiger partial charge in [0, 0.05) is 131 Å². The van der Waals surface area contributed by atoms with Crippen molar-refractivity contribution in [2.45, 2.75) is 198 Å². The van der Waals surface area contributed by atoms with Crippen LogP contribution in [0.15, 0.2) is 178 Å². The van der Waals surface area contributed by atoms with Crippen LogP contribution < -0.4 is 21.3 Å². The number of nitrogens with one attached hydrogen (secondary N) is 4. The maximum Gasteiger partial charge on any atom is 0.227 e. The van der Waals surface area contributed by atoms with Gasteiger partial charge in [-0.1, -0.05) is 131 Å². The zero-order chi connectivity index (χ0) is 103. The minimum absolute atomic E-state index is 0.0347. The summed E-state index contributed by atoms with van der Waals surface area (Å²) in [4.78, 5) is 90.9. The Morgan fingerprint density at radius 2 is 0.676 bits per heavy atom. The van der Waals surface area contributed by atoms with Crippen LogP contribution in [0.1, 0.15) is 243 Å². The number of hydrogen-bond donors (Lipinski definition) is 4. The molecule has 0 spiro atoms. The van der Waals surface area contributed by atoms with Crippen molar-refractivity contribution in [3.05, 3.63) is 366 Å². The van der Waals surface area contributed by atoms with E-state index in [2.05, 4.69) is 133 Å². The molecule has 15 heterocycles. The van der Waals surface area contributed by atoms with Crippen molar-refractivity contribution < 1.29 is 37.8 Å². The van der Waals surface area contributed by atoms with Gasteiger partial charge in [0.25, 0.3) is 0 Å². The molecule has 0 bridgehead atoms. The van der Waals surface area contributed by atoms with Gasteiger partial charge >= 0.3 is 0 Å². The van der Waals surface area contributed by atoms with E-state index in [1.165, 1.54) is 42.4 Å². The molecule has 0 fully saturated rings. The summed E-state index contributed by atoms with van der Waals surface area (Å²) in [6.07, 6.45) is 0.402. The molecule has 1 unspecified atom stereocenters. The van der Waals surface area contributed by atoms with E-state index >= 15 is 0 Å². The fraction of sp³-hybridized carbons (Fsp3) is 0.270. The third-order valence-electron chi connectivity index (χ3n) is 28.1. The van der Waals surface area contributed by atoms with E-state index in [1.807, 2.05) is 196 Å². The molecule has 24 rings (SSSR count). The number of benzene rings is 8. The number of aryl methyl sites for hydroxylation is 9. The number of nitrogens with zero attached hydrogens (tertiary/aromatic N) is 16. The van der Waals surface area contributed by atoms with Crippen LogP contribution in [0.4, 0.5) is 27.1 Å². The number of carbonyl (C=O) groups excluding carboxylic acids is 5. The van der Waals surface area contributed by atoms with Gasteiger partial charge in [0.05, 0.1) is 75.0 Å². The van der Waals surface area contributed by atoms with Crippen LogP contribution in [0.5, 0.6) is 0 Å². The average molecular weight is 2150 g/mol. The first-order valence-corrected chi connectivity index (χ1v) is 54.1. The smallest absolute Gasteiger partial charge is 0.227 e. The lowest BCUT2D eigenvalue weighted by atomic mass is 9.99. The highest BCUT2D eigenvalue weighted by molar-refractivity contribution is 8.13. The summed E-state index contributed by atoms with van der Waals surface area (Å²) in [5.74, 6) is 5.62. The van der Waals surface area contributed by atoms with E-state index in [9.17, 15) is 28.4 Å². The molecule has 1 aliphatic carbocycles. The number of alkyl halides is 1. The Hall–Kier alpha value is -13.3. The topological polar surface area (TPSA) is 324 Å². The van der Waals surface area contributed by atoms with Crippen molar-refractivity contribution >= 4 is 178 Å². The molecule has 0 saturated carbocycles. The number of rotatable bonds is 16. The van der Waals surface area contributed by atoms with Gasteiger partial charge in [-0.05, 0) is 254 Å². The van der Waals surface area contributed by atoms with Gasteiger partial charge in [0.1, 0.15) is 73.6 Å². The lowest BCUT2D eigenvalue weighted by Crippen LogP contribution is -2.18. The van der Waals surface area contributed by atoms with E-state index in [0.717, 1.165) is 183 Å². The average Bonchev–Trinajstić information content (AvgIpc) is 1.60. The molecule has 8 aromatic heterocycles. The molecule has 8 aromatic carbocycles. The van der Waals surface area contributed by atoms with Crippen LogP contribution >= 0.6 is 104 Å². The number of ether oxygens (including phenoxy) is 2. The summed E-state index contributed by atoms with van der Waals surface area (Å²) in [7, 11) is 0. The summed E-state index contributed by atoms with van der Waals surface area (Å²) < 4.78 is 33.1. The predicted molar refractivity (Wildman–Crippen MR) is 586 cm³/mol. The first kappa shape index (κ1) is 101. The zero-order valence-electron chi connectivity index (χ0n) is 83.1. The second-order valence-electron chi connectivity index (χ2n) is 37.9. The third-order valence-corrected chi connectivity index (χ3v) is 34.8. The summed E-state index contributed by atoms with van der Waals surface area (Å²) in [5, 5.41) is 54.2. The number of thioether (sulfide) groups is 1. The quantitative estimate of drug-likeness (QED) is 0.0698. The van der Waals surface area contributed by atoms with Crippen molar-refractivity contribution in [2.24, 2.45) is 20.0 Å². The molecule has 0 saturated heterocycles. The second-order valence-corrected chi connectivity index (χ2v) is 45.4. The van der Waals surface area contributed by atoms with Crippen LogP contribution in [0.2, 0.25) is 20.1 Å². The molecule has 4 amide bonds. The Labute approximate surface area is 893 Å². The minimum atomic E-state index is -0.851. The molecule has 8 aliphatic rings. The van der Waals surface area contributed by atoms with Crippen LogP contribution in [0, 0.1) is 96.9 Å². The Morgan fingerprint density at radius 3 is 1.06 bits per heavy atom. The lowest BCUT2D eigenvalue weighted by molar-refractivity contribution is -0.117. The summed E-state index contributed by atoms with van der Waals surface area (Å²) >= 11 is 32.8. The summed E-state index contributed by atoms with van der Waals surface area (Å²) in [6, 6.07) is 47.6. The van der Waals surface area contributed by atoms with E-state index < -0.39 is 30.3 Å². The molecule has 4 N–H and O–H groups in total. The molecule has 5 atom stereocenters. The van der Waals surface area contributed by atoms with Gasteiger partial charge in [-0.3, -0.25) is 62.2 Å². The number of anilines is 4. The zero-order valence-corrected chi connectivity index (χ0v) is 90.2. The number of hydrogen-bond acceptors (Lipinski definition) is 24. The molecule has 148 heavy (non-hydrogen) atoms. The maximum atomic E-state index is 13.8. The van der Waals surface area contributed by atoms with Crippen molar-refractivity contribution in [3.63, 3.8) is 0 Å². The van der Waals surface area contributed by atoms with E-state index in [0.29, 0.717) is 105 Å². The Morgan fingerprint density at radius 1 is 0.351 bits per heavy atom. The standard InChI is InChI=1S/C28H25ClFN5OS.2C28H26ClN5O2S.C27H22ClN5O2S2/c1-14-15(2)37-28-25(14)26(17-4-7-20(29)8-5-17)32-23(27-34-33-16(3)35(27)28)13-24(36)31-22-9-6-18-10-21(30)11-19(18)12-22;1-14-16(3)37-28-25(14)26(18-5-8-20(29)9-6-18)31-23(27-33-32-17(4)34(27)28)11-24(35)30-22-10-7-19-12-36-13-21(19)15(22)2;1-14-9-19-12-36-13-20(19)10-22(14)30-24(35)11-23-27-33-32-17(4)34(27)28-25(15(2)16(3)37-28)26(31-23)18-5-7-21(29)8-6-18;1-13-14(2)37-26-23(13)24(16-4-7-18(28)8-5-16)30-21(25-32-31-15(3)33(25)26)11-22(34)29-19-9-6-17-12-36-27(35)20(17)10-19/h4-9,12,21,23H,10-11,13H2,1-3H3,(H,31,36);2*5-10,23H,11-13H2,1-4H3,(H,30,35);4-10,21H,11-12H2,1-3H3,(H,29,34)/t21?,23-;2*23-;21-/m0000/s1. The number of amides is 4. The minimum Gasteiger partial charge on any atom is -0.372 e. The van der Waals surface area contributed by atoms with Crippen molar-refractivity contribution in [1.82, 2.24) is 59.1 Å². The number of carbonyl (C=O) groups is 5. The highest BCUT2D eigenvalue weighted by atomic mass is 35.5. The number of halogens is 5. The van der Waals surface area contributed by atoms with E-state index in [4.69, 9.17) is 75.8 Å². The third kappa shape index (κ3) is 19.6. The number of aliphatic imine (C=N–C) groups is 4. The maximum absolute atomic E-state index is 13.8. The fourth-order valence-electron chi connectivity index (χ4n) is 19.9. The first-order valence-electron chi connectivity index (χ1n) is 48.3. The molecule has 27 nitrogen and oxygen atoms in total. The molecule has 0 radical (unpaired) electrons. The van der Waals surface area contributed by atoms with Crippen LogP contribution in [0.25, 0.3) is 20.0 Å². The SMILES string of the molecule is Cc1cc2c(cc1NC(=O)C[C@@H]1N=C(c3ccc(Cl)cc3)c3c(sc(C)c3C)-n3c(C)nnc31)COC2.Cc1sc2c(c1C)C(c1ccc(Cl)cc1)=N[C@@H](CC(=O)Nc1ccc3c(c1)C(=O)SC3)c1nnc(C)n1-2.Cc1sc2c(c1C)C(c1ccc(Cl)cc1)=N[C@@H](CC(=O)Nc1ccc3c(c1)CC(F)C3)c1nnc(C)n1-2.Cc1sc2c(c1C)C(c1ccc(Cl)cc1)=N[C@@H](CC(=O)Nc1ccc3c(c1C)COC3)c1nnc(C)n1-2. The van der Waals surface area contributed by atoms with E-state index in [1.54, 1.807) is 51.4 Å². The molecular formula is C111H99Cl4FN20O7S5. The van der Waals surface area contributed by atoms with Gasteiger partial charge in [0.2, 0.25) is 28.7 Å². The molecular weight excluding hydrogens is 2050 g/mol. The highest BCUT2D eigenvalue weighted by Crippen LogP contribution is 2.48. The second kappa shape index (κ2) is 41.3.